The SMILES string of the molecule is CCc1ccccc1N=C1SC(=Cc2ccccc2OC)C(=O)N1c1ccccc1CC. The van der Waals surface area contributed by atoms with Gasteiger partial charge in [0.15, 0.2) is 5.17 Å². The standard InChI is InChI=1S/C27H26N2O2S/c1-4-19-12-6-9-15-22(19)28-27-29(23-16-10-7-13-20(23)5-2)26(30)25(32-27)18-21-14-8-11-17-24(21)31-3/h6-18H,4-5H2,1-3H3. The summed E-state index contributed by atoms with van der Waals surface area (Å²) < 4.78 is 5.48. The second-order valence-corrected chi connectivity index (χ2v) is 8.36. The Morgan fingerprint density at radius 2 is 1.56 bits per heavy atom. The summed E-state index contributed by atoms with van der Waals surface area (Å²) in [5.41, 5.74) is 4.90. The molecular formula is C27H26N2O2S. The number of hydrogen-bond acceptors (Lipinski definition) is 4. The zero-order valence-electron chi connectivity index (χ0n) is 18.5. The van der Waals surface area contributed by atoms with Gasteiger partial charge in [-0.1, -0.05) is 68.4 Å². The smallest absolute Gasteiger partial charge is 0.271 e. The highest BCUT2D eigenvalue weighted by Crippen LogP contribution is 2.39. The van der Waals surface area contributed by atoms with Gasteiger partial charge >= 0.3 is 0 Å². The molecule has 1 aliphatic heterocycles. The third-order valence-electron chi connectivity index (χ3n) is 5.43. The molecule has 1 heterocycles. The fraction of sp³-hybridized carbons (Fsp3) is 0.185. The largest absolute Gasteiger partial charge is 0.496 e. The third-order valence-corrected chi connectivity index (χ3v) is 6.40. The lowest BCUT2D eigenvalue weighted by Crippen LogP contribution is -2.29. The number of hydrogen-bond donors (Lipinski definition) is 0. The molecule has 3 aromatic carbocycles. The minimum absolute atomic E-state index is 0.0745. The Morgan fingerprint density at radius 1 is 0.906 bits per heavy atom. The average molecular weight is 443 g/mol. The van der Waals surface area contributed by atoms with Crippen LogP contribution in [0.4, 0.5) is 11.4 Å². The number of ether oxygens (including phenoxy) is 1. The monoisotopic (exact) mass is 442 g/mol. The first-order chi connectivity index (χ1) is 15.7. The van der Waals surface area contributed by atoms with Crippen molar-refractivity contribution < 1.29 is 9.53 Å². The topological polar surface area (TPSA) is 41.9 Å². The zero-order chi connectivity index (χ0) is 22.5. The van der Waals surface area contributed by atoms with Crippen LogP contribution in [0.15, 0.2) is 82.7 Å². The molecule has 0 radical (unpaired) electrons. The Bertz CT molecular complexity index is 1200. The number of amidine groups is 1. The van der Waals surface area contributed by atoms with Gasteiger partial charge in [0, 0.05) is 5.56 Å². The van der Waals surface area contributed by atoms with E-state index in [0.717, 1.165) is 46.7 Å². The maximum Gasteiger partial charge on any atom is 0.271 e. The highest BCUT2D eigenvalue weighted by atomic mass is 32.2. The Kier molecular flexibility index (Phi) is 6.76. The van der Waals surface area contributed by atoms with E-state index in [1.807, 2.05) is 66.7 Å². The molecule has 1 amide bonds. The molecule has 32 heavy (non-hydrogen) atoms. The number of carbonyl (C=O) groups is 1. The summed E-state index contributed by atoms with van der Waals surface area (Å²) in [6.07, 6.45) is 3.59. The molecule has 162 valence electrons. The Hall–Kier alpha value is -3.31. The molecule has 1 saturated heterocycles. The van der Waals surface area contributed by atoms with Gasteiger partial charge in [0.2, 0.25) is 0 Å². The molecule has 1 aliphatic rings. The first-order valence-corrected chi connectivity index (χ1v) is 11.6. The number of anilines is 1. The first-order valence-electron chi connectivity index (χ1n) is 10.8. The fourth-order valence-electron chi connectivity index (χ4n) is 3.74. The van der Waals surface area contributed by atoms with E-state index in [9.17, 15) is 4.79 Å². The number of carbonyl (C=O) groups excluding carboxylic acids is 1. The van der Waals surface area contributed by atoms with E-state index in [2.05, 4.69) is 26.0 Å². The van der Waals surface area contributed by atoms with Crippen molar-refractivity contribution in [3.63, 3.8) is 0 Å². The van der Waals surface area contributed by atoms with Crippen LogP contribution in [0.25, 0.3) is 6.08 Å². The van der Waals surface area contributed by atoms with Crippen LogP contribution in [-0.2, 0) is 17.6 Å². The Morgan fingerprint density at radius 3 is 2.31 bits per heavy atom. The van der Waals surface area contributed by atoms with Crippen molar-refractivity contribution in [1.29, 1.82) is 0 Å². The summed E-state index contributed by atoms with van der Waals surface area (Å²) in [5, 5.41) is 0.665. The predicted octanol–water partition coefficient (Wildman–Crippen LogP) is 6.63. The summed E-state index contributed by atoms with van der Waals surface area (Å²) in [7, 11) is 1.64. The van der Waals surface area contributed by atoms with Crippen LogP contribution >= 0.6 is 11.8 Å². The van der Waals surface area contributed by atoms with Crippen LogP contribution in [0.3, 0.4) is 0 Å². The number of aryl methyl sites for hydroxylation is 2. The van der Waals surface area contributed by atoms with Gasteiger partial charge in [-0.2, -0.15) is 0 Å². The molecule has 0 unspecified atom stereocenters. The summed E-state index contributed by atoms with van der Waals surface area (Å²) in [5.74, 6) is 0.658. The third kappa shape index (κ3) is 4.34. The van der Waals surface area contributed by atoms with Crippen LogP contribution in [0.2, 0.25) is 0 Å². The average Bonchev–Trinajstić information content (AvgIpc) is 3.13. The Labute approximate surface area is 193 Å². The van der Waals surface area contributed by atoms with Crippen molar-refractivity contribution in [3.8, 4) is 5.75 Å². The Balaban J connectivity index is 1.85. The summed E-state index contributed by atoms with van der Waals surface area (Å²) in [6.45, 7) is 4.21. The van der Waals surface area contributed by atoms with E-state index in [-0.39, 0.29) is 5.91 Å². The van der Waals surface area contributed by atoms with Crippen molar-refractivity contribution in [3.05, 3.63) is 94.4 Å². The van der Waals surface area contributed by atoms with E-state index in [4.69, 9.17) is 9.73 Å². The normalized spacial score (nSPS) is 16.2. The van der Waals surface area contributed by atoms with Crippen LogP contribution < -0.4 is 9.64 Å². The van der Waals surface area contributed by atoms with Gasteiger partial charge in [-0.25, -0.2) is 4.99 Å². The van der Waals surface area contributed by atoms with Gasteiger partial charge in [-0.05, 0) is 60.0 Å². The van der Waals surface area contributed by atoms with Crippen LogP contribution in [0.5, 0.6) is 5.75 Å². The number of methoxy groups -OCH3 is 1. The van der Waals surface area contributed by atoms with Gasteiger partial charge < -0.3 is 4.74 Å². The van der Waals surface area contributed by atoms with Crippen LogP contribution in [0.1, 0.15) is 30.5 Å². The van der Waals surface area contributed by atoms with E-state index >= 15 is 0 Å². The highest BCUT2D eigenvalue weighted by Gasteiger charge is 2.36. The van der Waals surface area contributed by atoms with Gasteiger partial charge in [0.25, 0.3) is 5.91 Å². The number of para-hydroxylation sites is 3. The highest BCUT2D eigenvalue weighted by molar-refractivity contribution is 8.19. The van der Waals surface area contributed by atoms with E-state index < -0.39 is 0 Å². The van der Waals surface area contributed by atoms with Gasteiger partial charge in [0.1, 0.15) is 5.75 Å². The minimum atomic E-state index is -0.0745. The number of amides is 1. The number of nitrogens with zero attached hydrogens (tertiary/aromatic N) is 2. The zero-order valence-corrected chi connectivity index (χ0v) is 19.4. The summed E-state index contributed by atoms with van der Waals surface area (Å²) in [6, 6.07) is 23.8. The summed E-state index contributed by atoms with van der Waals surface area (Å²) in [4.78, 5) is 21.0. The van der Waals surface area contributed by atoms with E-state index in [1.165, 1.54) is 11.8 Å². The quantitative estimate of drug-likeness (QED) is 0.402. The number of benzene rings is 3. The molecule has 5 heteroatoms. The predicted molar refractivity (Wildman–Crippen MR) is 135 cm³/mol. The molecule has 0 N–H and O–H groups in total. The number of rotatable bonds is 6. The number of aliphatic imine (C=N–C) groups is 1. The van der Waals surface area contributed by atoms with Crippen molar-refractivity contribution >= 4 is 40.3 Å². The molecule has 4 nitrogen and oxygen atoms in total. The summed E-state index contributed by atoms with van der Waals surface area (Å²) >= 11 is 1.40. The van der Waals surface area contributed by atoms with Crippen molar-refractivity contribution in [2.75, 3.05) is 12.0 Å². The maximum absolute atomic E-state index is 13.6. The van der Waals surface area contributed by atoms with Crippen molar-refractivity contribution in [2.24, 2.45) is 4.99 Å². The fourth-order valence-corrected chi connectivity index (χ4v) is 4.72. The lowest BCUT2D eigenvalue weighted by molar-refractivity contribution is -0.113. The van der Waals surface area contributed by atoms with Crippen molar-refractivity contribution in [1.82, 2.24) is 0 Å². The van der Waals surface area contributed by atoms with E-state index in [1.54, 1.807) is 12.0 Å². The van der Waals surface area contributed by atoms with Gasteiger partial charge in [-0.15, -0.1) is 0 Å². The van der Waals surface area contributed by atoms with Crippen LogP contribution in [-0.4, -0.2) is 18.2 Å². The van der Waals surface area contributed by atoms with Crippen molar-refractivity contribution in [2.45, 2.75) is 26.7 Å². The molecule has 0 spiro atoms. The lowest BCUT2D eigenvalue weighted by Gasteiger charge is -2.19. The molecule has 4 rings (SSSR count). The second kappa shape index (κ2) is 9.88. The molecule has 0 atom stereocenters. The second-order valence-electron chi connectivity index (χ2n) is 7.35. The molecule has 0 bridgehead atoms. The van der Waals surface area contributed by atoms with Crippen LogP contribution in [0, 0.1) is 0 Å². The molecule has 0 saturated carbocycles. The lowest BCUT2D eigenvalue weighted by atomic mass is 10.1. The number of thioether (sulfide) groups is 1. The molecular weight excluding hydrogens is 416 g/mol. The minimum Gasteiger partial charge on any atom is -0.496 e. The first kappa shape index (κ1) is 21.9. The molecule has 1 fully saturated rings. The molecule has 3 aromatic rings. The van der Waals surface area contributed by atoms with Gasteiger partial charge in [-0.3, -0.25) is 9.69 Å². The molecule has 0 aromatic heterocycles. The maximum atomic E-state index is 13.6. The van der Waals surface area contributed by atoms with Gasteiger partial charge in [0.05, 0.1) is 23.4 Å². The molecule has 0 aliphatic carbocycles. The van der Waals surface area contributed by atoms with E-state index in [0.29, 0.717) is 10.1 Å².